The normalized spacial score (nSPS) is 9.85. The molecule has 4 heteroatoms. The largest absolute Gasteiger partial charge is 0.244 e. The van der Waals surface area contributed by atoms with Crippen molar-refractivity contribution in [3.63, 3.8) is 0 Å². The van der Waals surface area contributed by atoms with Crippen LogP contribution in [-0.4, -0.2) is 9.97 Å². The van der Waals surface area contributed by atoms with Gasteiger partial charge in [0, 0.05) is 16.1 Å². The summed E-state index contributed by atoms with van der Waals surface area (Å²) in [5.41, 5.74) is 1.26. The minimum Gasteiger partial charge on any atom is -0.244 e. The lowest BCUT2D eigenvalue weighted by atomic mass is 10.1. The van der Waals surface area contributed by atoms with E-state index in [1.807, 2.05) is 6.07 Å². The van der Waals surface area contributed by atoms with Crippen LogP contribution in [0.15, 0.2) is 29.1 Å². The van der Waals surface area contributed by atoms with Crippen molar-refractivity contribution in [2.45, 2.75) is 0 Å². The van der Waals surface area contributed by atoms with Gasteiger partial charge in [-0.3, -0.25) is 0 Å². The molecule has 1 heterocycles. The minimum atomic E-state index is 0.570. The smallest absolute Gasteiger partial charge is 0.116 e. The van der Waals surface area contributed by atoms with E-state index in [1.54, 1.807) is 12.3 Å². The Labute approximate surface area is 83.2 Å². The highest BCUT2D eigenvalue weighted by atomic mass is 79.9. The Hall–Kier alpha value is -1.47. The van der Waals surface area contributed by atoms with Crippen molar-refractivity contribution in [1.29, 1.82) is 5.26 Å². The van der Waals surface area contributed by atoms with Crippen LogP contribution in [0.2, 0.25) is 0 Å². The lowest BCUT2D eigenvalue weighted by Crippen LogP contribution is -1.86. The van der Waals surface area contributed by atoms with Crippen molar-refractivity contribution in [3.8, 4) is 6.07 Å². The van der Waals surface area contributed by atoms with E-state index < -0.39 is 0 Å². The molecule has 1 aromatic heterocycles. The zero-order chi connectivity index (χ0) is 9.26. The Kier molecular flexibility index (Phi) is 1.95. The fourth-order valence-electron chi connectivity index (χ4n) is 1.13. The number of nitrogens with zero attached hydrogens (tertiary/aromatic N) is 3. The van der Waals surface area contributed by atoms with Gasteiger partial charge in [0.1, 0.15) is 12.4 Å². The molecule has 0 aliphatic rings. The van der Waals surface area contributed by atoms with Gasteiger partial charge in [-0.2, -0.15) is 5.26 Å². The Morgan fingerprint density at radius 2 is 2.23 bits per heavy atom. The topological polar surface area (TPSA) is 49.6 Å². The van der Waals surface area contributed by atoms with Crippen LogP contribution >= 0.6 is 15.9 Å². The molecule has 0 fully saturated rings. The molecule has 0 atom stereocenters. The predicted octanol–water partition coefficient (Wildman–Crippen LogP) is 2.26. The van der Waals surface area contributed by atoms with E-state index in [-0.39, 0.29) is 0 Å². The first-order valence-electron chi connectivity index (χ1n) is 3.61. The molecule has 2 aromatic rings. The number of fused-ring (bicyclic) bond motifs is 1. The van der Waals surface area contributed by atoms with E-state index >= 15 is 0 Å². The molecule has 0 saturated carbocycles. The van der Waals surface area contributed by atoms with Crippen LogP contribution in [0.25, 0.3) is 10.9 Å². The van der Waals surface area contributed by atoms with E-state index in [0.717, 1.165) is 9.86 Å². The molecule has 62 valence electrons. The summed E-state index contributed by atoms with van der Waals surface area (Å²) in [4.78, 5) is 7.95. The van der Waals surface area contributed by atoms with Gasteiger partial charge in [0.15, 0.2) is 0 Å². The first-order chi connectivity index (χ1) is 6.33. The molecule has 1 aromatic carbocycles. The highest BCUT2D eigenvalue weighted by Gasteiger charge is 2.03. The third-order valence-corrected chi connectivity index (χ3v) is 2.43. The standard InChI is InChI=1S/C9H4BrN3/c10-8-2-1-6(3-11)9-7(8)4-12-5-13-9/h1-2,4-5H. The summed E-state index contributed by atoms with van der Waals surface area (Å²) in [5.74, 6) is 0. The number of benzene rings is 1. The molecule has 0 aliphatic carbocycles. The van der Waals surface area contributed by atoms with Crippen LogP contribution in [0.5, 0.6) is 0 Å². The molecule has 0 N–H and O–H groups in total. The third kappa shape index (κ3) is 1.27. The van der Waals surface area contributed by atoms with Gasteiger partial charge in [0.05, 0.1) is 11.1 Å². The third-order valence-electron chi connectivity index (χ3n) is 1.74. The lowest BCUT2D eigenvalue weighted by Gasteiger charge is -1.99. The molecular weight excluding hydrogens is 230 g/mol. The van der Waals surface area contributed by atoms with E-state index in [2.05, 4.69) is 32.0 Å². The van der Waals surface area contributed by atoms with E-state index in [4.69, 9.17) is 5.26 Å². The van der Waals surface area contributed by atoms with Gasteiger partial charge in [-0.1, -0.05) is 15.9 Å². The minimum absolute atomic E-state index is 0.570. The maximum Gasteiger partial charge on any atom is 0.116 e. The van der Waals surface area contributed by atoms with Crippen LogP contribution in [0.1, 0.15) is 5.56 Å². The van der Waals surface area contributed by atoms with Gasteiger partial charge < -0.3 is 0 Å². The lowest BCUT2D eigenvalue weighted by molar-refractivity contribution is 1.22. The first-order valence-corrected chi connectivity index (χ1v) is 4.40. The summed E-state index contributed by atoms with van der Waals surface area (Å²) in [6, 6.07) is 5.65. The van der Waals surface area contributed by atoms with Crippen molar-refractivity contribution in [2.75, 3.05) is 0 Å². The number of hydrogen-bond acceptors (Lipinski definition) is 3. The molecule has 13 heavy (non-hydrogen) atoms. The number of hydrogen-bond donors (Lipinski definition) is 0. The highest BCUT2D eigenvalue weighted by Crippen LogP contribution is 2.23. The SMILES string of the molecule is N#Cc1ccc(Br)c2cncnc12. The summed E-state index contributed by atoms with van der Waals surface area (Å²) < 4.78 is 0.905. The van der Waals surface area contributed by atoms with Crippen LogP contribution in [0.3, 0.4) is 0 Å². The molecule has 0 spiro atoms. The quantitative estimate of drug-likeness (QED) is 0.702. The molecule has 0 unspecified atom stereocenters. The molecule has 0 aliphatic heterocycles. The Balaban J connectivity index is 2.95. The summed E-state index contributed by atoms with van der Waals surface area (Å²) in [6.07, 6.45) is 3.13. The van der Waals surface area contributed by atoms with E-state index in [9.17, 15) is 0 Å². The van der Waals surface area contributed by atoms with Crippen LogP contribution in [-0.2, 0) is 0 Å². The average Bonchev–Trinajstić information content (AvgIpc) is 2.19. The fourth-order valence-corrected chi connectivity index (χ4v) is 1.56. The van der Waals surface area contributed by atoms with Crippen molar-refractivity contribution in [3.05, 3.63) is 34.7 Å². The van der Waals surface area contributed by atoms with Crippen molar-refractivity contribution >= 4 is 26.8 Å². The van der Waals surface area contributed by atoms with Crippen molar-refractivity contribution in [1.82, 2.24) is 9.97 Å². The second-order valence-electron chi connectivity index (χ2n) is 2.49. The van der Waals surface area contributed by atoms with Crippen molar-refractivity contribution < 1.29 is 0 Å². The summed E-state index contributed by atoms with van der Waals surface area (Å²) in [7, 11) is 0. The Bertz CT molecular complexity index is 502. The first kappa shape index (κ1) is 8.14. The zero-order valence-corrected chi connectivity index (χ0v) is 8.12. The van der Waals surface area contributed by atoms with Crippen LogP contribution in [0.4, 0.5) is 0 Å². The predicted molar refractivity (Wildman–Crippen MR) is 52.0 cm³/mol. The molecular formula is C9H4BrN3. The summed E-state index contributed by atoms with van der Waals surface area (Å²) >= 11 is 3.37. The highest BCUT2D eigenvalue weighted by molar-refractivity contribution is 9.10. The molecule has 2 rings (SSSR count). The van der Waals surface area contributed by atoms with Crippen molar-refractivity contribution in [2.24, 2.45) is 0 Å². The van der Waals surface area contributed by atoms with Crippen LogP contribution < -0.4 is 0 Å². The van der Waals surface area contributed by atoms with Crippen LogP contribution in [0, 0.1) is 11.3 Å². The maximum absolute atomic E-state index is 8.80. The number of rotatable bonds is 0. The van der Waals surface area contributed by atoms with Gasteiger partial charge >= 0.3 is 0 Å². The summed E-state index contributed by atoms with van der Waals surface area (Å²) in [6.45, 7) is 0. The van der Waals surface area contributed by atoms with Gasteiger partial charge in [-0.25, -0.2) is 9.97 Å². The Morgan fingerprint density at radius 1 is 1.38 bits per heavy atom. The van der Waals surface area contributed by atoms with E-state index in [1.165, 1.54) is 6.33 Å². The molecule has 0 radical (unpaired) electrons. The van der Waals surface area contributed by atoms with Gasteiger partial charge in [-0.05, 0) is 12.1 Å². The van der Waals surface area contributed by atoms with Gasteiger partial charge in [0.2, 0.25) is 0 Å². The molecule has 0 amide bonds. The fraction of sp³-hybridized carbons (Fsp3) is 0. The molecule has 0 saturated heterocycles. The second kappa shape index (κ2) is 3.11. The van der Waals surface area contributed by atoms with Gasteiger partial charge in [-0.15, -0.1) is 0 Å². The van der Waals surface area contributed by atoms with E-state index in [0.29, 0.717) is 11.1 Å². The molecule has 3 nitrogen and oxygen atoms in total. The maximum atomic E-state index is 8.80. The number of halogens is 1. The summed E-state index contributed by atoms with van der Waals surface area (Å²) in [5, 5.41) is 9.66. The second-order valence-corrected chi connectivity index (χ2v) is 3.35. The Morgan fingerprint density at radius 3 is 3.00 bits per heavy atom. The number of nitriles is 1. The monoisotopic (exact) mass is 233 g/mol. The number of aromatic nitrogens is 2. The average molecular weight is 234 g/mol. The van der Waals surface area contributed by atoms with Gasteiger partial charge in [0.25, 0.3) is 0 Å². The molecule has 0 bridgehead atoms. The zero-order valence-electron chi connectivity index (χ0n) is 6.53.